The van der Waals surface area contributed by atoms with Crippen LogP contribution in [0, 0.1) is 39.4 Å². The van der Waals surface area contributed by atoms with E-state index in [9.17, 15) is 15.3 Å². The van der Waals surface area contributed by atoms with Crippen molar-refractivity contribution in [3.8, 4) is 12.1 Å². The molecule has 2 rings (SSSR count). The summed E-state index contributed by atoms with van der Waals surface area (Å²) in [6.45, 7) is 2.81. The van der Waals surface area contributed by atoms with E-state index in [2.05, 4.69) is 12.1 Å². The van der Waals surface area contributed by atoms with Gasteiger partial charge in [0, 0.05) is 18.5 Å². The third kappa shape index (κ3) is 2.51. The fourth-order valence-electron chi connectivity index (χ4n) is 3.06. The Labute approximate surface area is 133 Å². The highest BCUT2D eigenvalue weighted by molar-refractivity contribution is 8.17. The van der Waals surface area contributed by atoms with Crippen molar-refractivity contribution in [2.45, 2.75) is 19.8 Å². The van der Waals surface area contributed by atoms with Gasteiger partial charge < -0.3 is 15.4 Å². The van der Waals surface area contributed by atoms with Gasteiger partial charge in [0.25, 0.3) is 0 Å². The third-order valence-corrected chi connectivity index (χ3v) is 5.08. The van der Waals surface area contributed by atoms with Crippen LogP contribution in [0.25, 0.3) is 0 Å². The largest absolute Gasteiger partial charge is 0.450 e. The van der Waals surface area contributed by atoms with Crippen molar-refractivity contribution in [2.24, 2.45) is 17.1 Å². The molecule has 0 aliphatic carbocycles. The maximum Gasteiger partial charge on any atom is 0.409 e. The van der Waals surface area contributed by atoms with E-state index in [0.29, 0.717) is 43.1 Å². The van der Waals surface area contributed by atoms with Crippen molar-refractivity contribution >= 4 is 22.9 Å². The second kappa shape index (κ2) is 6.29. The molecule has 2 aliphatic rings. The Kier molecular flexibility index (Phi) is 4.62. The molecule has 0 aromatic rings. The number of carbonyl (C=O) groups excluding carboxylic acids is 1. The normalized spacial score (nSPS) is 23.9. The van der Waals surface area contributed by atoms with E-state index >= 15 is 0 Å². The Hall–Kier alpha value is -2.19. The van der Waals surface area contributed by atoms with Crippen LogP contribution in [0.15, 0.2) is 10.6 Å². The number of nitrogens with zero attached hydrogens (tertiary/aromatic N) is 3. The summed E-state index contributed by atoms with van der Waals surface area (Å²) in [4.78, 5) is 13.4. The van der Waals surface area contributed by atoms with Gasteiger partial charge >= 0.3 is 6.09 Å². The molecule has 8 heteroatoms. The number of rotatable bonds is 1. The predicted octanol–water partition coefficient (Wildman–Crippen LogP) is 1.78. The second-order valence-electron chi connectivity index (χ2n) is 5.22. The number of amides is 1. The van der Waals surface area contributed by atoms with Gasteiger partial charge in [-0.15, -0.1) is 0 Å². The zero-order chi connectivity index (χ0) is 16.3. The average molecular weight is 319 g/mol. The van der Waals surface area contributed by atoms with Crippen LogP contribution in [0.4, 0.5) is 4.79 Å². The van der Waals surface area contributed by atoms with Crippen molar-refractivity contribution in [3.63, 3.8) is 0 Å². The summed E-state index contributed by atoms with van der Waals surface area (Å²) in [5.41, 5.74) is 5.52. The minimum absolute atomic E-state index is 0.170. The molecule has 2 aliphatic heterocycles. The molecule has 116 valence electrons. The van der Waals surface area contributed by atoms with Crippen LogP contribution in [0.3, 0.4) is 0 Å². The lowest BCUT2D eigenvalue weighted by molar-refractivity contribution is 0.0749. The van der Waals surface area contributed by atoms with Crippen LogP contribution in [0.1, 0.15) is 19.8 Å². The average Bonchev–Trinajstić information content (AvgIpc) is 2.48. The zero-order valence-corrected chi connectivity index (χ0v) is 13.1. The molecular formula is C14H17N5O2S. The Morgan fingerprint density at radius 3 is 2.68 bits per heavy atom. The summed E-state index contributed by atoms with van der Waals surface area (Å²) in [6.07, 6.45) is 0.467. The maximum absolute atomic E-state index is 11.8. The molecule has 7 nitrogen and oxygen atoms in total. The summed E-state index contributed by atoms with van der Waals surface area (Å²) in [5, 5.41) is 27.4. The molecule has 0 radical (unpaired) electrons. The summed E-state index contributed by atoms with van der Waals surface area (Å²) in [5.74, 6) is -0.691. The third-order valence-electron chi connectivity index (χ3n) is 4.20. The first-order chi connectivity index (χ1) is 10.5. The number of allylic oxidation sites excluding steroid dienone is 1. The van der Waals surface area contributed by atoms with E-state index in [1.165, 1.54) is 0 Å². The number of nitrogens with two attached hydrogens (primary N) is 1. The fraction of sp³-hybridized carbons (Fsp3) is 0.571. The second-order valence-corrected chi connectivity index (χ2v) is 6.31. The van der Waals surface area contributed by atoms with Gasteiger partial charge in [0.15, 0.2) is 0 Å². The molecule has 1 spiro atoms. The first kappa shape index (κ1) is 16.2. The van der Waals surface area contributed by atoms with Gasteiger partial charge in [-0.2, -0.15) is 10.5 Å². The lowest BCUT2D eigenvalue weighted by Crippen LogP contribution is -2.50. The number of piperidine rings is 1. The quantitative estimate of drug-likeness (QED) is 0.758. The number of hydrogen-bond donors (Lipinski definition) is 2. The van der Waals surface area contributed by atoms with Gasteiger partial charge in [-0.1, -0.05) is 11.8 Å². The molecule has 1 saturated heterocycles. The standard InChI is InChI=1S/C14H17N5O2S/c1-2-21-13(20)19-5-3-14(4-6-19)9(7-15)11(17)22-12(18)10(14)8-16/h9,17H,2-6,18H2,1H3/t9-/m0/s1. The molecule has 1 amide bonds. The topological polar surface area (TPSA) is 127 Å². The van der Waals surface area contributed by atoms with Crippen LogP contribution in [0.5, 0.6) is 0 Å². The fourth-order valence-corrected chi connectivity index (χ4v) is 4.04. The van der Waals surface area contributed by atoms with Gasteiger partial charge in [0.05, 0.1) is 34.4 Å². The van der Waals surface area contributed by atoms with E-state index in [-0.39, 0.29) is 11.1 Å². The maximum atomic E-state index is 11.8. The highest BCUT2D eigenvalue weighted by Gasteiger charge is 2.51. The van der Waals surface area contributed by atoms with E-state index in [4.69, 9.17) is 15.9 Å². The van der Waals surface area contributed by atoms with E-state index in [1.807, 2.05) is 0 Å². The number of carbonyl (C=O) groups is 1. The Bertz CT molecular complexity index is 608. The van der Waals surface area contributed by atoms with Gasteiger partial charge in [-0.25, -0.2) is 4.79 Å². The van der Waals surface area contributed by atoms with Crippen LogP contribution in [-0.4, -0.2) is 35.7 Å². The van der Waals surface area contributed by atoms with E-state index in [0.717, 1.165) is 11.8 Å². The summed E-state index contributed by atoms with van der Waals surface area (Å²) >= 11 is 0.980. The van der Waals surface area contributed by atoms with Gasteiger partial charge in [-0.05, 0) is 19.8 Å². The van der Waals surface area contributed by atoms with Crippen molar-refractivity contribution < 1.29 is 9.53 Å². The van der Waals surface area contributed by atoms with Gasteiger partial charge in [0.1, 0.15) is 5.92 Å². The number of hydrogen-bond acceptors (Lipinski definition) is 7. The van der Waals surface area contributed by atoms with Gasteiger partial charge in [-0.3, -0.25) is 5.41 Å². The van der Waals surface area contributed by atoms with Crippen LogP contribution >= 0.6 is 11.8 Å². The first-order valence-corrected chi connectivity index (χ1v) is 7.79. The molecular weight excluding hydrogens is 302 g/mol. The molecule has 1 atom stereocenters. The minimum atomic E-state index is -0.765. The highest BCUT2D eigenvalue weighted by Crippen LogP contribution is 2.52. The molecule has 0 saturated carbocycles. The monoisotopic (exact) mass is 319 g/mol. The molecule has 0 unspecified atom stereocenters. The number of likely N-dealkylation sites (tertiary alicyclic amines) is 1. The molecule has 0 aromatic heterocycles. The molecule has 0 aromatic carbocycles. The number of nitrogens with one attached hydrogen (secondary N) is 1. The summed E-state index contributed by atoms with van der Waals surface area (Å²) in [6, 6.07) is 4.27. The summed E-state index contributed by atoms with van der Waals surface area (Å²) in [7, 11) is 0. The Morgan fingerprint density at radius 2 is 2.18 bits per heavy atom. The lowest BCUT2D eigenvalue weighted by Gasteiger charge is -2.45. The van der Waals surface area contributed by atoms with Crippen LogP contribution < -0.4 is 5.73 Å². The van der Waals surface area contributed by atoms with Crippen molar-refractivity contribution in [1.82, 2.24) is 4.90 Å². The highest BCUT2D eigenvalue weighted by atomic mass is 32.2. The number of nitriles is 2. The minimum Gasteiger partial charge on any atom is -0.450 e. The van der Waals surface area contributed by atoms with Gasteiger partial charge in [0.2, 0.25) is 0 Å². The molecule has 22 heavy (non-hydrogen) atoms. The Balaban J connectivity index is 2.30. The first-order valence-electron chi connectivity index (χ1n) is 6.98. The number of thioether (sulfide) groups is 1. The molecule has 0 bridgehead atoms. The number of ether oxygens (including phenoxy) is 1. The lowest BCUT2D eigenvalue weighted by atomic mass is 9.65. The zero-order valence-electron chi connectivity index (χ0n) is 12.3. The van der Waals surface area contributed by atoms with Crippen LogP contribution in [-0.2, 0) is 4.74 Å². The van der Waals surface area contributed by atoms with Crippen molar-refractivity contribution in [2.75, 3.05) is 19.7 Å². The smallest absolute Gasteiger partial charge is 0.409 e. The predicted molar refractivity (Wildman–Crippen MR) is 81.5 cm³/mol. The van der Waals surface area contributed by atoms with E-state index in [1.54, 1.807) is 11.8 Å². The molecule has 3 N–H and O–H groups in total. The SMILES string of the molecule is CCOC(=O)N1CCC2(CC1)C(C#N)=C(N)SC(=N)[C@@H]2C#N. The Morgan fingerprint density at radius 1 is 1.55 bits per heavy atom. The summed E-state index contributed by atoms with van der Waals surface area (Å²) < 4.78 is 4.98. The van der Waals surface area contributed by atoms with Crippen molar-refractivity contribution in [3.05, 3.63) is 10.6 Å². The van der Waals surface area contributed by atoms with Crippen molar-refractivity contribution in [1.29, 1.82) is 15.9 Å². The molecule has 1 fully saturated rings. The van der Waals surface area contributed by atoms with Crippen LogP contribution in [0.2, 0.25) is 0 Å². The molecule has 2 heterocycles. The van der Waals surface area contributed by atoms with E-state index < -0.39 is 11.3 Å².